The topological polar surface area (TPSA) is 76.7 Å². The third-order valence-corrected chi connectivity index (χ3v) is 3.22. The molecule has 0 saturated heterocycles. The maximum Gasteiger partial charge on any atom is 0.276 e. The van der Waals surface area contributed by atoms with E-state index in [1.807, 2.05) is 26.0 Å². The number of hydrogen-bond acceptors (Lipinski definition) is 4. The van der Waals surface area contributed by atoms with Crippen molar-refractivity contribution in [1.29, 1.82) is 0 Å². The van der Waals surface area contributed by atoms with Gasteiger partial charge in [0.2, 0.25) is 0 Å². The molecule has 0 saturated carbocycles. The van der Waals surface area contributed by atoms with E-state index >= 15 is 0 Å². The van der Waals surface area contributed by atoms with Crippen LogP contribution in [-0.4, -0.2) is 31.6 Å². The Bertz CT molecular complexity index is 520. The fourth-order valence-corrected chi connectivity index (χ4v) is 2.03. The lowest BCUT2D eigenvalue weighted by molar-refractivity contribution is -0.132. The van der Waals surface area contributed by atoms with Gasteiger partial charge in [-0.1, -0.05) is 29.8 Å². The summed E-state index contributed by atoms with van der Waals surface area (Å²) in [6.45, 7) is 6.03. The summed E-state index contributed by atoms with van der Waals surface area (Å²) in [4.78, 5) is 22.9. The van der Waals surface area contributed by atoms with E-state index in [0.717, 1.165) is 10.0 Å². The zero-order valence-electron chi connectivity index (χ0n) is 12.9. The largest absolute Gasteiger partial charge is 0.483 e. The van der Waals surface area contributed by atoms with Gasteiger partial charge in [0.25, 0.3) is 11.8 Å². The van der Waals surface area contributed by atoms with Crippen LogP contribution in [-0.2, 0) is 14.3 Å². The molecule has 0 bridgehead atoms. The highest BCUT2D eigenvalue weighted by Crippen LogP contribution is 2.29. The average Bonchev–Trinajstić information content (AvgIpc) is 2.49. The van der Waals surface area contributed by atoms with Gasteiger partial charge in [-0.3, -0.25) is 20.4 Å². The molecular weight excluding hydrogens is 352 g/mol. The van der Waals surface area contributed by atoms with Gasteiger partial charge in [0.1, 0.15) is 12.4 Å². The lowest BCUT2D eigenvalue weighted by Gasteiger charge is -2.14. The number of carbonyl (C=O) groups is 2. The van der Waals surface area contributed by atoms with Crippen LogP contribution in [0, 0.1) is 0 Å². The van der Waals surface area contributed by atoms with Crippen molar-refractivity contribution in [2.75, 3.05) is 19.8 Å². The SMILES string of the molecule is CCOCC(=O)NNC(=O)COc1ccc(Br)cc1C(C)C. The van der Waals surface area contributed by atoms with Crippen molar-refractivity contribution in [3.8, 4) is 5.75 Å². The third kappa shape index (κ3) is 6.44. The summed E-state index contributed by atoms with van der Waals surface area (Å²) in [5, 5.41) is 0. The van der Waals surface area contributed by atoms with Gasteiger partial charge in [-0.25, -0.2) is 0 Å². The maximum absolute atomic E-state index is 11.6. The van der Waals surface area contributed by atoms with Crippen molar-refractivity contribution in [2.45, 2.75) is 26.7 Å². The highest BCUT2D eigenvalue weighted by molar-refractivity contribution is 9.10. The van der Waals surface area contributed by atoms with Crippen LogP contribution in [0.2, 0.25) is 0 Å². The van der Waals surface area contributed by atoms with Crippen molar-refractivity contribution < 1.29 is 19.1 Å². The molecule has 0 unspecified atom stereocenters. The van der Waals surface area contributed by atoms with E-state index < -0.39 is 11.8 Å². The van der Waals surface area contributed by atoms with Gasteiger partial charge >= 0.3 is 0 Å². The monoisotopic (exact) mass is 372 g/mol. The number of hydrazine groups is 1. The number of amides is 2. The second-order valence-corrected chi connectivity index (χ2v) is 5.77. The number of rotatable bonds is 7. The Balaban J connectivity index is 2.46. The molecule has 0 aromatic heterocycles. The van der Waals surface area contributed by atoms with Crippen molar-refractivity contribution >= 4 is 27.7 Å². The molecule has 1 aromatic carbocycles. The van der Waals surface area contributed by atoms with Crippen molar-refractivity contribution in [3.05, 3.63) is 28.2 Å². The summed E-state index contributed by atoms with van der Waals surface area (Å²) >= 11 is 3.41. The van der Waals surface area contributed by atoms with E-state index in [2.05, 4.69) is 26.8 Å². The molecule has 0 aliphatic carbocycles. The molecule has 0 aliphatic heterocycles. The van der Waals surface area contributed by atoms with Gasteiger partial charge < -0.3 is 9.47 Å². The zero-order chi connectivity index (χ0) is 16.5. The number of hydrogen-bond donors (Lipinski definition) is 2. The van der Waals surface area contributed by atoms with Crippen molar-refractivity contribution in [2.24, 2.45) is 0 Å². The maximum atomic E-state index is 11.6. The lowest BCUT2D eigenvalue weighted by Crippen LogP contribution is -2.45. The Kier molecular flexibility index (Phi) is 7.90. The first kappa shape index (κ1) is 18.4. The van der Waals surface area contributed by atoms with Crippen molar-refractivity contribution in [1.82, 2.24) is 10.9 Å². The molecular formula is C15H21BrN2O4. The average molecular weight is 373 g/mol. The molecule has 1 aromatic rings. The first-order valence-corrected chi connectivity index (χ1v) is 7.81. The summed E-state index contributed by atoms with van der Waals surface area (Å²) in [5.74, 6) is 0.0552. The first-order valence-electron chi connectivity index (χ1n) is 7.01. The summed E-state index contributed by atoms with van der Waals surface area (Å²) < 4.78 is 11.4. The van der Waals surface area contributed by atoms with E-state index in [-0.39, 0.29) is 19.1 Å². The van der Waals surface area contributed by atoms with Crippen LogP contribution in [0.5, 0.6) is 5.75 Å². The second kappa shape index (κ2) is 9.42. The van der Waals surface area contributed by atoms with Crippen LogP contribution < -0.4 is 15.6 Å². The molecule has 0 heterocycles. The number of benzene rings is 1. The summed E-state index contributed by atoms with van der Waals surface area (Å²) in [6, 6.07) is 5.62. The smallest absolute Gasteiger partial charge is 0.276 e. The standard InChI is InChI=1S/C15H21BrN2O4/c1-4-21-8-14(19)17-18-15(20)9-22-13-6-5-11(16)7-12(13)10(2)3/h5-7,10H,4,8-9H2,1-3H3,(H,17,19)(H,18,20). The predicted octanol–water partition coefficient (Wildman–Crippen LogP) is 2.14. The van der Waals surface area contributed by atoms with E-state index in [9.17, 15) is 9.59 Å². The lowest BCUT2D eigenvalue weighted by atomic mass is 10.0. The summed E-state index contributed by atoms with van der Waals surface area (Å²) in [5.41, 5.74) is 5.52. The predicted molar refractivity (Wildman–Crippen MR) is 86.5 cm³/mol. The van der Waals surface area contributed by atoms with E-state index in [0.29, 0.717) is 12.4 Å². The second-order valence-electron chi connectivity index (χ2n) is 4.86. The molecule has 0 aliphatic rings. The normalized spacial score (nSPS) is 10.4. The quantitative estimate of drug-likeness (QED) is 0.718. The van der Waals surface area contributed by atoms with Crippen molar-refractivity contribution in [3.63, 3.8) is 0 Å². The van der Waals surface area contributed by atoms with Crippen LogP contribution in [0.4, 0.5) is 0 Å². The minimum absolute atomic E-state index is 0.0954. The minimum Gasteiger partial charge on any atom is -0.483 e. The molecule has 0 spiro atoms. The number of halogens is 1. The number of nitrogens with one attached hydrogen (secondary N) is 2. The third-order valence-electron chi connectivity index (χ3n) is 2.73. The number of carbonyl (C=O) groups excluding carboxylic acids is 2. The minimum atomic E-state index is -0.442. The van der Waals surface area contributed by atoms with E-state index in [4.69, 9.17) is 9.47 Å². The molecule has 6 nitrogen and oxygen atoms in total. The molecule has 1 rings (SSSR count). The van der Waals surface area contributed by atoms with Gasteiger partial charge in [0.15, 0.2) is 6.61 Å². The van der Waals surface area contributed by atoms with Crippen LogP contribution in [0.25, 0.3) is 0 Å². The Morgan fingerprint density at radius 2 is 1.82 bits per heavy atom. The highest BCUT2D eigenvalue weighted by Gasteiger charge is 2.11. The Morgan fingerprint density at radius 3 is 2.41 bits per heavy atom. The molecule has 0 fully saturated rings. The summed E-state index contributed by atoms with van der Waals surface area (Å²) in [6.07, 6.45) is 0. The molecule has 2 amide bonds. The van der Waals surface area contributed by atoms with E-state index in [1.54, 1.807) is 13.0 Å². The Labute approximate surface area is 138 Å². The molecule has 0 radical (unpaired) electrons. The first-order chi connectivity index (χ1) is 10.4. The fourth-order valence-electron chi connectivity index (χ4n) is 1.65. The van der Waals surface area contributed by atoms with Gasteiger partial charge in [0, 0.05) is 11.1 Å². The summed E-state index contributed by atoms with van der Waals surface area (Å²) in [7, 11) is 0. The molecule has 122 valence electrons. The van der Waals surface area contributed by atoms with E-state index in [1.165, 1.54) is 0 Å². The van der Waals surface area contributed by atoms with Crippen LogP contribution >= 0.6 is 15.9 Å². The van der Waals surface area contributed by atoms with Crippen LogP contribution in [0.1, 0.15) is 32.3 Å². The fraction of sp³-hybridized carbons (Fsp3) is 0.467. The van der Waals surface area contributed by atoms with Gasteiger partial charge in [0.05, 0.1) is 0 Å². The molecule has 2 N–H and O–H groups in total. The van der Waals surface area contributed by atoms with Crippen LogP contribution in [0.15, 0.2) is 22.7 Å². The van der Waals surface area contributed by atoms with Gasteiger partial charge in [-0.05, 0) is 36.6 Å². The number of ether oxygens (including phenoxy) is 2. The molecule has 22 heavy (non-hydrogen) atoms. The van der Waals surface area contributed by atoms with Gasteiger partial charge in [-0.2, -0.15) is 0 Å². The Hall–Kier alpha value is -1.60. The van der Waals surface area contributed by atoms with Gasteiger partial charge in [-0.15, -0.1) is 0 Å². The molecule has 7 heteroatoms. The highest BCUT2D eigenvalue weighted by atomic mass is 79.9. The van der Waals surface area contributed by atoms with Crippen LogP contribution in [0.3, 0.4) is 0 Å². The molecule has 0 atom stereocenters. The zero-order valence-corrected chi connectivity index (χ0v) is 14.5. The Morgan fingerprint density at radius 1 is 1.18 bits per heavy atom.